The summed E-state index contributed by atoms with van der Waals surface area (Å²) in [5, 5.41) is 9.44. The number of piperidine rings is 1. The van der Waals surface area contributed by atoms with E-state index >= 15 is 0 Å². The molecule has 0 unspecified atom stereocenters. The third-order valence-electron chi connectivity index (χ3n) is 3.03. The number of hydrogen-bond donors (Lipinski definition) is 1. The molecule has 96 valence electrons. The Bertz CT molecular complexity index is 215. The maximum atomic E-state index is 12.5. The van der Waals surface area contributed by atoms with Gasteiger partial charge in [-0.3, -0.25) is 0 Å². The van der Waals surface area contributed by atoms with Gasteiger partial charge in [-0.05, 0) is 37.8 Å². The van der Waals surface area contributed by atoms with Crippen molar-refractivity contribution in [1.29, 1.82) is 0 Å². The molecule has 2 nitrogen and oxygen atoms in total. The molecule has 0 aromatic carbocycles. The minimum absolute atomic E-state index is 0.199. The molecule has 0 amide bonds. The van der Waals surface area contributed by atoms with Gasteiger partial charge >= 0.3 is 6.18 Å². The summed E-state index contributed by atoms with van der Waals surface area (Å²) in [4.78, 5) is 2.00. The van der Waals surface area contributed by atoms with Crippen molar-refractivity contribution in [2.24, 2.45) is 0 Å². The summed E-state index contributed by atoms with van der Waals surface area (Å²) < 4.78 is 37.5. The largest absolute Gasteiger partial charge is 0.417 e. The Balaban J connectivity index is 2.33. The first-order valence-electron chi connectivity index (χ1n) is 5.39. The number of nitrogens with zero attached hydrogens (tertiary/aromatic N) is 1. The van der Waals surface area contributed by atoms with Crippen LogP contribution in [-0.4, -0.2) is 53.4 Å². The first-order valence-corrected chi connectivity index (χ1v) is 6.79. The molecule has 0 aromatic rings. The van der Waals surface area contributed by atoms with E-state index in [-0.39, 0.29) is 12.8 Å². The number of alkyl halides is 3. The molecule has 0 atom stereocenters. The highest BCUT2D eigenvalue weighted by Crippen LogP contribution is 2.38. The van der Waals surface area contributed by atoms with Crippen LogP contribution in [0.15, 0.2) is 0 Å². The van der Waals surface area contributed by atoms with Gasteiger partial charge in [0.1, 0.15) is 0 Å². The zero-order valence-corrected chi connectivity index (χ0v) is 10.2. The Morgan fingerprint density at radius 2 is 1.88 bits per heavy atom. The normalized spacial score (nSPS) is 22.3. The number of aliphatic hydroxyl groups is 1. The molecule has 0 saturated carbocycles. The van der Waals surface area contributed by atoms with Crippen LogP contribution in [0, 0.1) is 0 Å². The van der Waals surface area contributed by atoms with E-state index in [2.05, 4.69) is 0 Å². The Morgan fingerprint density at radius 1 is 1.31 bits per heavy atom. The monoisotopic (exact) mass is 257 g/mol. The molecule has 1 aliphatic heterocycles. The summed E-state index contributed by atoms with van der Waals surface area (Å²) in [6.07, 6.45) is -1.88. The highest BCUT2D eigenvalue weighted by atomic mass is 32.2. The predicted octanol–water partition coefficient (Wildman–Crippen LogP) is 2.13. The molecular formula is C10H18F3NOS. The van der Waals surface area contributed by atoms with Crippen molar-refractivity contribution in [2.45, 2.75) is 31.0 Å². The van der Waals surface area contributed by atoms with Crippen molar-refractivity contribution < 1.29 is 18.3 Å². The standard InChI is InChI=1S/C10H18F3NOS/c1-16-8-2-5-14-6-3-9(15,4-7-14)10(11,12)13/h15H,2-8H2,1H3. The quantitative estimate of drug-likeness (QED) is 0.780. The maximum Gasteiger partial charge on any atom is 0.417 e. The fourth-order valence-electron chi connectivity index (χ4n) is 1.86. The summed E-state index contributed by atoms with van der Waals surface area (Å²) in [5.41, 5.74) is -2.46. The van der Waals surface area contributed by atoms with Gasteiger partial charge in [-0.2, -0.15) is 24.9 Å². The number of halogens is 3. The minimum atomic E-state index is -4.49. The van der Waals surface area contributed by atoms with Crippen LogP contribution in [0.1, 0.15) is 19.3 Å². The molecule has 0 aromatic heterocycles. The van der Waals surface area contributed by atoms with Crippen LogP contribution in [0.25, 0.3) is 0 Å². The summed E-state index contributed by atoms with van der Waals surface area (Å²) in [7, 11) is 0. The minimum Gasteiger partial charge on any atom is -0.380 e. The van der Waals surface area contributed by atoms with E-state index in [0.29, 0.717) is 13.1 Å². The van der Waals surface area contributed by atoms with Crippen molar-refractivity contribution in [3.05, 3.63) is 0 Å². The molecule has 1 rings (SSSR count). The Morgan fingerprint density at radius 3 is 2.31 bits per heavy atom. The molecule has 1 saturated heterocycles. The zero-order chi connectivity index (χ0) is 12.2. The average molecular weight is 257 g/mol. The SMILES string of the molecule is CSCCCN1CCC(O)(C(F)(F)F)CC1. The lowest BCUT2D eigenvalue weighted by molar-refractivity contribution is -0.272. The maximum absolute atomic E-state index is 12.5. The first kappa shape index (κ1) is 14.1. The third-order valence-corrected chi connectivity index (χ3v) is 3.73. The van der Waals surface area contributed by atoms with Gasteiger partial charge in [0.05, 0.1) is 0 Å². The molecule has 0 radical (unpaired) electrons. The van der Waals surface area contributed by atoms with Gasteiger partial charge in [0.15, 0.2) is 5.60 Å². The van der Waals surface area contributed by atoms with Gasteiger partial charge in [-0.15, -0.1) is 0 Å². The molecule has 1 heterocycles. The highest BCUT2D eigenvalue weighted by Gasteiger charge is 2.54. The van der Waals surface area contributed by atoms with Crippen LogP contribution in [0.4, 0.5) is 13.2 Å². The van der Waals surface area contributed by atoms with Crippen molar-refractivity contribution in [2.75, 3.05) is 31.6 Å². The van der Waals surface area contributed by atoms with Crippen molar-refractivity contribution >= 4 is 11.8 Å². The number of rotatable bonds is 4. The van der Waals surface area contributed by atoms with Gasteiger partial charge in [-0.25, -0.2) is 0 Å². The molecule has 16 heavy (non-hydrogen) atoms. The van der Waals surface area contributed by atoms with Crippen LogP contribution < -0.4 is 0 Å². The Hall–Kier alpha value is 0.0600. The predicted molar refractivity (Wildman–Crippen MR) is 59.7 cm³/mol. The zero-order valence-electron chi connectivity index (χ0n) is 9.39. The third kappa shape index (κ3) is 3.53. The van der Waals surface area contributed by atoms with Crippen molar-refractivity contribution in [3.8, 4) is 0 Å². The van der Waals surface area contributed by atoms with E-state index in [1.165, 1.54) is 0 Å². The number of hydrogen-bond acceptors (Lipinski definition) is 3. The first-order chi connectivity index (χ1) is 7.39. The molecular weight excluding hydrogens is 239 g/mol. The summed E-state index contributed by atoms with van der Waals surface area (Å²) in [6, 6.07) is 0. The molecule has 0 bridgehead atoms. The summed E-state index contributed by atoms with van der Waals surface area (Å²) >= 11 is 1.74. The van der Waals surface area contributed by atoms with E-state index in [4.69, 9.17) is 0 Å². The van der Waals surface area contributed by atoms with Gasteiger partial charge < -0.3 is 10.0 Å². The highest BCUT2D eigenvalue weighted by molar-refractivity contribution is 7.98. The van der Waals surface area contributed by atoms with Crippen molar-refractivity contribution in [3.63, 3.8) is 0 Å². The van der Waals surface area contributed by atoms with Crippen molar-refractivity contribution in [1.82, 2.24) is 4.90 Å². The molecule has 0 aliphatic carbocycles. The van der Waals surface area contributed by atoms with Crippen LogP contribution in [0.5, 0.6) is 0 Å². The average Bonchev–Trinajstić information content (AvgIpc) is 2.20. The molecule has 1 aliphatic rings. The molecule has 1 N–H and O–H groups in total. The molecule has 0 spiro atoms. The second kappa shape index (κ2) is 5.60. The van der Waals surface area contributed by atoms with E-state index in [1.807, 2.05) is 11.2 Å². The lowest BCUT2D eigenvalue weighted by Crippen LogP contribution is -2.53. The van der Waals surface area contributed by atoms with E-state index in [9.17, 15) is 18.3 Å². The van der Waals surface area contributed by atoms with Gasteiger partial charge in [0.25, 0.3) is 0 Å². The smallest absolute Gasteiger partial charge is 0.380 e. The molecule has 6 heteroatoms. The van der Waals surface area contributed by atoms with Gasteiger partial charge in [-0.1, -0.05) is 0 Å². The number of thioether (sulfide) groups is 1. The van der Waals surface area contributed by atoms with Gasteiger partial charge in [0, 0.05) is 13.1 Å². The van der Waals surface area contributed by atoms with E-state index < -0.39 is 11.8 Å². The van der Waals surface area contributed by atoms with E-state index in [1.54, 1.807) is 11.8 Å². The van der Waals surface area contributed by atoms with Gasteiger partial charge in [0.2, 0.25) is 0 Å². The second-order valence-electron chi connectivity index (χ2n) is 4.22. The van der Waals surface area contributed by atoms with Crippen LogP contribution in [0.3, 0.4) is 0 Å². The van der Waals surface area contributed by atoms with E-state index in [0.717, 1.165) is 18.7 Å². The Labute approximate surface area is 98.2 Å². The second-order valence-corrected chi connectivity index (χ2v) is 5.20. The fraction of sp³-hybridized carbons (Fsp3) is 1.00. The fourth-order valence-corrected chi connectivity index (χ4v) is 2.28. The van der Waals surface area contributed by atoms with Crippen LogP contribution in [-0.2, 0) is 0 Å². The van der Waals surface area contributed by atoms with Crippen LogP contribution >= 0.6 is 11.8 Å². The molecule has 1 fully saturated rings. The number of likely N-dealkylation sites (tertiary alicyclic amines) is 1. The summed E-state index contributed by atoms with van der Waals surface area (Å²) in [5.74, 6) is 1.03. The lowest BCUT2D eigenvalue weighted by atomic mass is 9.91. The topological polar surface area (TPSA) is 23.5 Å². The van der Waals surface area contributed by atoms with Crippen LogP contribution in [0.2, 0.25) is 0 Å². The lowest BCUT2D eigenvalue weighted by Gasteiger charge is -2.39. The Kier molecular flexibility index (Phi) is 4.94. The summed E-state index contributed by atoms with van der Waals surface area (Å²) in [6.45, 7) is 1.50.